The first-order chi connectivity index (χ1) is 11.1. The molecule has 0 aliphatic carbocycles. The molecular weight excluding hydrogens is 294 g/mol. The van der Waals surface area contributed by atoms with Crippen LogP contribution in [0.3, 0.4) is 0 Å². The van der Waals surface area contributed by atoms with Crippen molar-refractivity contribution in [3.63, 3.8) is 0 Å². The molecule has 0 aliphatic rings. The summed E-state index contributed by atoms with van der Waals surface area (Å²) in [5, 5.41) is 8.20. The number of carbonyl (C=O) groups excluding carboxylic acids is 1. The van der Waals surface area contributed by atoms with E-state index in [1.54, 1.807) is 24.1 Å². The molecule has 1 N–H and O–H groups in total. The highest BCUT2D eigenvalue weighted by Gasteiger charge is 2.13. The summed E-state index contributed by atoms with van der Waals surface area (Å²) in [7, 11) is 3.10. The predicted molar refractivity (Wildman–Crippen MR) is 92.6 cm³/mol. The first-order valence-corrected chi connectivity index (χ1v) is 7.65. The van der Waals surface area contributed by atoms with Crippen LogP contribution in [0.1, 0.15) is 33.3 Å². The van der Waals surface area contributed by atoms with Gasteiger partial charge >= 0.3 is 0 Å². The number of unbranched alkanes of at least 4 members (excludes halogenated alkanes) is 1. The monoisotopic (exact) mass is 321 g/mol. The smallest absolute Gasteiger partial charge is 0.245 e. The summed E-state index contributed by atoms with van der Waals surface area (Å²) in [6, 6.07) is 3.45. The van der Waals surface area contributed by atoms with Crippen LogP contribution in [0.15, 0.2) is 24.8 Å². The van der Waals surface area contributed by atoms with E-state index in [-0.39, 0.29) is 7.33 Å². The van der Waals surface area contributed by atoms with E-state index < -0.39 is 0 Å². The van der Waals surface area contributed by atoms with Gasteiger partial charge in [-0.3, -0.25) is 4.79 Å². The third-order valence-electron chi connectivity index (χ3n) is 3.52. The van der Waals surface area contributed by atoms with Crippen molar-refractivity contribution < 1.29 is 15.7 Å². The van der Waals surface area contributed by atoms with E-state index in [0.29, 0.717) is 42.5 Å². The van der Waals surface area contributed by atoms with E-state index in [9.17, 15) is 4.79 Å². The maximum atomic E-state index is 11.6. The number of hydrogen-bond acceptors (Lipinski definition) is 5. The Kier molecular flexibility index (Phi) is 7.80. The number of rotatable bonds is 10. The van der Waals surface area contributed by atoms with Gasteiger partial charge in [-0.2, -0.15) is 0 Å². The third-order valence-corrected chi connectivity index (χ3v) is 3.52. The second-order valence-electron chi connectivity index (χ2n) is 4.96. The zero-order valence-corrected chi connectivity index (χ0v) is 14.1. The number of hydrogen-bond donors (Lipinski definition) is 1. The molecule has 1 amide bonds. The van der Waals surface area contributed by atoms with Gasteiger partial charge in [-0.25, -0.2) is 4.98 Å². The largest absolute Gasteiger partial charge is 0.494 e. The van der Waals surface area contributed by atoms with Crippen LogP contribution in [-0.4, -0.2) is 48.8 Å². The van der Waals surface area contributed by atoms with Gasteiger partial charge in [-0.15, -0.1) is 0 Å². The summed E-state index contributed by atoms with van der Waals surface area (Å²) < 4.78 is 10.3. The van der Waals surface area contributed by atoms with Gasteiger partial charge in [0.05, 0.1) is 19.9 Å². The minimum absolute atomic E-state index is 0. The summed E-state index contributed by atoms with van der Waals surface area (Å²) in [5.74, 6) is 0.964. The quantitative estimate of drug-likeness (QED) is 0.408. The van der Waals surface area contributed by atoms with Crippen LogP contribution in [0.25, 0.3) is 0 Å². The first-order valence-electron chi connectivity index (χ1n) is 7.65. The van der Waals surface area contributed by atoms with Gasteiger partial charge in [0.25, 0.3) is 0 Å². The van der Waals surface area contributed by atoms with Crippen molar-refractivity contribution in [3.8, 4) is 11.6 Å². The molecule has 0 spiro atoms. The lowest BCUT2D eigenvalue weighted by atomic mass is 10.1. The molecule has 1 aromatic rings. The van der Waals surface area contributed by atoms with Crippen LogP contribution in [-0.2, 0) is 4.79 Å². The van der Waals surface area contributed by atoms with Gasteiger partial charge in [0.1, 0.15) is 11.4 Å². The zero-order valence-electron chi connectivity index (χ0n) is 14.1. The maximum absolute atomic E-state index is 11.6. The maximum Gasteiger partial charge on any atom is 0.245 e. The molecule has 1 heterocycles. The molecule has 0 bridgehead atoms. The van der Waals surface area contributed by atoms with Crippen molar-refractivity contribution in [2.45, 2.75) is 26.2 Å². The van der Waals surface area contributed by atoms with E-state index >= 15 is 0 Å². The fourth-order valence-corrected chi connectivity index (χ4v) is 2.20. The highest BCUT2D eigenvalue weighted by Crippen LogP contribution is 2.22. The van der Waals surface area contributed by atoms with E-state index in [2.05, 4.69) is 11.6 Å². The Balaban J connectivity index is 0.00000529. The van der Waals surface area contributed by atoms with E-state index in [1.165, 1.54) is 13.2 Å². The number of aromatic nitrogens is 1. The zero-order chi connectivity index (χ0) is 17.2. The van der Waals surface area contributed by atoms with Gasteiger partial charge in [0.15, 0.2) is 0 Å². The average molecular weight is 321 g/mol. The van der Waals surface area contributed by atoms with Crippen molar-refractivity contribution in [2.75, 3.05) is 27.3 Å². The molecule has 0 atom stereocenters. The normalized spacial score (nSPS) is 10.0. The van der Waals surface area contributed by atoms with Crippen LogP contribution in [0.2, 0.25) is 0 Å². The Bertz CT molecular complexity index is 564. The fraction of sp³-hybridized carbons (Fsp3) is 0.471. The Hall–Kier alpha value is -2.37. The lowest BCUT2D eigenvalue weighted by molar-refractivity contribution is -0.125. The summed E-state index contributed by atoms with van der Waals surface area (Å²) in [6.07, 6.45) is 3.51. The summed E-state index contributed by atoms with van der Waals surface area (Å²) in [6.45, 7) is 6.76. The number of likely N-dealkylation sites (N-methyl/N-ethyl adjacent to an activating group) is 1. The van der Waals surface area contributed by atoms with Crippen LogP contribution in [0.5, 0.6) is 11.6 Å². The molecule has 6 heteroatoms. The number of nitrogens with one attached hydrogen (secondary N) is 1. The highest BCUT2D eigenvalue weighted by atomic mass is 16.5. The third kappa shape index (κ3) is 5.39. The Labute approximate surface area is 139 Å². The first kappa shape index (κ1) is 18.7. The number of carbonyl (C=O) groups is 1. The molecule has 0 aliphatic heterocycles. The number of methoxy groups -OCH3 is 2. The predicted octanol–water partition coefficient (Wildman–Crippen LogP) is 2.92. The molecule has 6 nitrogen and oxygen atoms in total. The molecular formula is C17H27N3O3. The number of pyridine rings is 1. The summed E-state index contributed by atoms with van der Waals surface area (Å²) in [5.41, 5.74) is 0.903. The molecule has 1 aromatic heterocycles. The molecule has 0 saturated carbocycles. The molecule has 1 rings (SSSR count). The molecule has 0 fully saturated rings. The summed E-state index contributed by atoms with van der Waals surface area (Å²) >= 11 is 0. The molecule has 128 valence electrons. The average Bonchev–Trinajstić information content (AvgIpc) is 2.60. The van der Waals surface area contributed by atoms with Gasteiger partial charge in [0.2, 0.25) is 11.8 Å². The van der Waals surface area contributed by atoms with Crippen LogP contribution < -0.4 is 9.47 Å². The highest BCUT2D eigenvalue weighted by molar-refractivity contribution is 5.98. The standard InChI is InChI=1S/C17H25N3O3.H2/c1-5-16(21)20(6-2)12-8-7-9-13(18)17-14(22-3)10-11-15(19-17)23-4;/h5,10-11,18H,1,6-9,12H2,2-4H3;1H. The van der Waals surface area contributed by atoms with Gasteiger partial charge in [0, 0.05) is 20.6 Å². The van der Waals surface area contributed by atoms with Crippen molar-refractivity contribution in [3.05, 3.63) is 30.5 Å². The number of amides is 1. The second-order valence-corrected chi connectivity index (χ2v) is 4.96. The molecule has 0 saturated heterocycles. The van der Waals surface area contributed by atoms with E-state index in [0.717, 1.165) is 12.8 Å². The van der Waals surface area contributed by atoms with E-state index in [1.807, 2.05) is 6.92 Å². The minimum atomic E-state index is -0.0568. The topological polar surface area (TPSA) is 75.5 Å². The molecule has 0 radical (unpaired) electrons. The molecule has 23 heavy (non-hydrogen) atoms. The van der Waals surface area contributed by atoms with Crippen molar-refractivity contribution in [2.24, 2.45) is 0 Å². The van der Waals surface area contributed by atoms with Crippen LogP contribution in [0, 0.1) is 5.41 Å². The minimum Gasteiger partial charge on any atom is -0.494 e. The van der Waals surface area contributed by atoms with Gasteiger partial charge in [-0.05, 0) is 38.3 Å². The fourth-order valence-electron chi connectivity index (χ4n) is 2.20. The Morgan fingerprint density at radius 3 is 2.70 bits per heavy atom. The Morgan fingerprint density at radius 2 is 2.13 bits per heavy atom. The number of nitrogens with zero attached hydrogens (tertiary/aromatic N) is 2. The van der Waals surface area contributed by atoms with Gasteiger partial charge < -0.3 is 19.8 Å². The van der Waals surface area contributed by atoms with Crippen molar-refractivity contribution >= 4 is 11.6 Å². The molecule has 0 aromatic carbocycles. The van der Waals surface area contributed by atoms with Crippen LogP contribution in [0.4, 0.5) is 0 Å². The van der Waals surface area contributed by atoms with Gasteiger partial charge in [-0.1, -0.05) is 6.58 Å². The second kappa shape index (κ2) is 9.61. The van der Waals surface area contributed by atoms with E-state index in [4.69, 9.17) is 14.9 Å². The number of ether oxygens (including phenoxy) is 2. The SMILES string of the molecule is C=CC(=O)N(CC)CCCCC(=N)c1nc(OC)ccc1OC.[HH]. The van der Waals surface area contributed by atoms with Crippen LogP contribution >= 0.6 is 0 Å². The summed E-state index contributed by atoms with van der Waals surface area (Å²) in [4.78, 5) is 17.6. The molecule has 0 unspecified atom stereocenters. The lowest BCUT2D eigenvalue weighted by Gasteiger charge is -2.18. The van der Waals surface area contributed by atoms with Crippen molar-refractivity contribution in [1.29, 1.82) is 5.41 Å². The Morgan fingerprint density at radius 1 is 1.39 bits per heavy atom. The lowest BCUT2D eigenvalue weighted by Crippen LogP contribution is -2.30. The van der Waals surface area contributed by atoms with Crippen molar-refractivity contribution in [1.82, 2.24) is 9.88 Å².